The number of nitrogens with one attached hydrogen (secondary N) is 2. The summed E-state index contributed by atoms with van der Waals surface area (Å²) in [5, 5.41) is 6.75. The molecule has 2 saturated heterocycles. The summed E-state index contributed by atoms with van der Waals surface area (Å²) in [5.41, 5.74) is 0. The maximum atomic E-state index is 4.67. The summed E-state index contributed by atoms with van der Waals surface area (Å²) in [5.74, 6) is 2.57. The molecule has 28 heavy (non-hydrogen) atoms. The lowest BCUT2D eigenvalue weighted by atomic mass is 10.3. The third kappa shape index (κ3) is 5.05. The molecule has 0 radical (unpaired) electrons. The van der Waals surface area contributed by atoms with Crippen molar-refractivity contribution < 1.29 is 0 Å². The first-order chi connectivity index (χ1) is 13.9. The number of rotatable bonds is 7. The molecule has 0 spiro atoms. The summed E-state index contributed by atoms with van der Waals surface area (Å²) in [7, 11) is 0. The quantitative estimate of drug-likeness (QED) is 0.656. The second-order valence-corrected chi connectivity index (χ2v) is 7.13. The van der Waals surface area contributed by atoms with Crippen molar-refractivity contribution in [3.05, 3.63) is 30.7 Å². The summed E-state index contributed by atoms with van der Waals surface area (Å²) < 4.78 is 0. The summed E-state index contributed by atoms with van der Waals surface area (Å²) in [6.07, 6.45) is 6.53. The Balaban J connectivity index is 1.16. The number of hydrogen-bond donors (Lipinski definition) is 2. The molecule has 9 heteroatoms. The number of piperazine rings is 2. The van der Waals surface area contributed by atoms with Crippen molar-refractivity contribution in [2.24, 2.45) is 0 Å². The predicted molar refractivity (Wildman–Crippen MR) is 111 cm³/mol. The van der Waals surface area contributed by atoms with Gasteiger partial charge in [-0.3, -0.25) is 4.90 Å². The standard InChI is InChI=1S/C19H29N9/c1-4-23-19(24-5-1)28-15-13-26(14-16-28)10-2-6-21-18-22-7-3-17(25-18)27-11-8-20-9-12-27/h1,3-5,7,20H,2,6,8-16H2,(H,21,22,25). The Morgan fingerprint density at radius 1 is 0.893 bits per heavy atom. The Hall–Kier alpha value is -2.52. The van der Waals surface area contributed by atoms with Crippen LogP contribution in [0.25, 0.3) is 0 Å². The molecule has 2 fully saturated rings. The number of anilines is 3. The highest BCUT2D eigenvalue weighted by Crippen LogP contribution is 2.13. The van der Waals surface area contributed by atoms with Crippen molar-refractivity contribution in [3.63, 3.8) is 0 Å². The van der Waals surface area contributed by atoms with Crippen LogP contribution in [0.4, 0.5) is 17.7 Å². The topological polar surface area (TPSA) is 85.3 Å². The van der Waals surface area contributed by atoms with Gasteiger partial charge in [-0.2, -0.15) is 4.98 Å². The Kier molecular flexibility index (Phi) is 6.46. The van der Waals surface area contributed by atoms with Gasteiger partial charge in [0, 0.05) is 77.5 Å². The molecule has 0 atom stereocenters. The first kappa shape index (κ1) is 18.8. The maximum Gasteiger partial charge on any atom is 0.225 e. The Morgan fingerprint density at radius 2 is 1.68 bits per heavy atom. The molecule has 0 aromatic carbocycles. The van der Waals surface area contributed by atoms with Gasteiger partial charge in [0.25, 0.3) is 0 Å². The van der Waals surface area contributed by atoms with Crippen LogP contribution in [-0.2, 0) is 0 Å². The van der Waals surface area contributed by atoms with Crippen LogP contribution >= 0.6 is 0 Å². The minimum absolute atomic E-state index is 0.724. The molecule has 4 heterocycles. The van der Waals surface area contributed by atoms with Gasteiger partial charge in [-0.15, -0.1) is 0 Å². The fourth-order valence-electron chi connectivity index (χ4n) is 3.63. The average Bonchev–Trinajstić information content (AvgIpc) is 2.79. The van der Waals surface area contributed by atoms with Crippen LogP contribution in [0.3, 0.4) is 0 Å². The lowest BCUT2D eigenvalue weighted by Gasteiger charge is -2.34. The molecule has 2 aromatic rings. The minimum atomic E-state index is 0.724. The predicted octanol–water partition coefficient (Wildman–Crippen LogP) is 0.300. The number of aromatic nitrogens is 4. The Morgan fingerprint density at radius 3 is 2.46 bits per heavy atom. The molecule has 0 saturated carbocycles. The van der Waals surface area contributed by atoms with Crippen LogP contribution in [0.5, 0.6) is 0 Å². The third-order valence-electron chi connectivity index (χ3n) is 5.22. The summed E-state index contributed by atoms with van der Waals surface area (Å²) in [4.78, 5) is 24.8. The molecule has 2 aromatic heterocycles. The lowest BCUT2D eigenvalue weighted by Crippen LogP contribution is -2.47. The molecule has 150 valence electrons. The molecule has 2 N–H and O–H groups in total. The van der Waals surface area contributed by atoms with Crippen LogP contribution in [0, 0.1) is 0 Å². The van der Waals surface area contributed by atoms with Crippen LogP contribution < -0.4 is 20.4 Å². The van der Waals surface area contributed by atoms with E-state index in [1.54, 1.807) is 12.4 Å². The van der Waals surface area contributed by atoms with Gasteiger partial charge in [-0.05, 0) is 25.1 Å². The van der Waals surface area contributed by atoms with Gasteiger partial charge in [0.05, 0.1) is 0 Å². The normalized spacial score (nSPS) is 18.3. The van der Waals surface area contributed by atoms with Gasteiger partial charge in [-0.25, -0.2) is 15.0 Å². The molecule has 2 aliphatic heterocycles. The molecule has 0 amide bonds. The van der Waals surface area contributed by atoms with Crippen molar-refractivity contribution >= 4 is 17.7 Å². The highest BCUT2D eigenvalue weighted by atomic mass is 15.3. The minimum Gasteiger partial charge on any atom is -0.354 e. The second kappa shape index (κ2) is 9.61. The van der Waals surface area contributed by atoms with Gasteiger partial charge >= 0.3 is 0 Å². The summed E-state index contributed by atoms with van der Waals surface area (Å²) in [6.45, 7) is 10.0. The number of nitrogens with zero attached hydrogens (tertiary/aromatic N) is 7. The van der Waals surface area contributed by atoms with Gasteiger partial charge in [0.2, 0.25) is 11.9 Å². The highest BCUT2D eigenvalue weighted by Gasteiger charge is 2.18. The largest absolute Gasteiger partial charge is 0.354 e. The summed E-state index contributed by atoms with van der Waals surface area (Å²) in [6, 6.07) is 3.85. The fraction of sp³-hybridized carbons (Fsp3) is 0.579. The maximum absolute atomic E-state index is 4.67. The first-order valence-corrected chi connectivity index (χ1v) is 10.2. The molecule has 9 nitrogen and oxygen atoms in total. The van der Waals surface area contributed by atoms with E-state index >= 15 is 0 Å². The van der Waals surface area contributed by atoms with Crippen molar-refractivity contribution in [1.82, 2.24) is 30.2 Å². The van der Waals surface area contributed by atoms with Gasteiger partial charge in [0.15, 0.2) is 0 Å². The second-order valence-electron chi connectivity index (χ2n) is 7.13. The van der Waals surface area contributed by atoms with E-state index in [9.17, 15) is 0 Å². The average molecular weight is 384 g/mol. The monoisotopic (exact) mass is 383 g/mol. The fourth-order valence-corrected chi connectivity index (χ4v) is 3.63. The van der Waals surface area contributed by atoms with Crippen LogP contribution in [0.1, 0.15) is 6.42 Å². The zero-order chi connectivity index (χ0) is 19.0. The molecule has 0 bridgehead atoms. The molecule has 2 aliphatic rings. The van der Waals surface area contributed by atoms with Crippen molar-refractivity contribution in [3.8, 4) is 0 Å². The van der Waals surface area contributed by atoms with E-state index in [0.717, 1.165) is 89.6 Å². The zero-order valence-electron chi connectivity index (χ0n) is 16.3. The van der Waals surface area contributed by atoms with Crippen LogP contribution in [0.15, 0.2) is 30.7 Å². The van der Waals surface area contributed by atoms with Crippen LogP contribution in [-0.4, -0.2) is 90.3 Å². The van der Waals surface area contributed by atoms with Crippen molar-refractivity contribution in [2.75, 3.05) is 80.6 Å². The zero-order valence-corrected chi connectivity index (χ0v) is 16.3. The van der Waals surface area contributed by atoms with E-state index in [2.05, 4.69) is 45.3 Å². The third-order valence-corrected chi connectivity index (χ3v) is 5.22. The Bertz CT molecular complexity index is 712. The molecule has 4 rings (SSSR count). The molecular formula is C19H29N9. The van der Waals surface area contributed by atoms with E-state index in [4.69, 9.17) is 0 Å². The van der Waals surface area contributed by atoms with Gasteiger partial charge in [-0.1, -0.05) is 0 Å². The molecular weight excluding hydrogens is 354 g/mol. The van der Waals surface area contributed by atoms with Gasteiger partial charge < -0.3 is 20.4 Å². The van der Waals surface area contributed by atoms with E-state index in [0.29, 0.717) is 0 Å². The van der Waals surface area contributed by atoms with E-state index < -0.39 is 0 Å². The van der Waals surface area contributed by atoms with Gasteiger partial charge in [0.1, 0.15) is 5.82 Å². The van der Waals surface area contributed by atoms with Crippen LogP contribution in [0.2, 0.25) is 0 Å². The molecule has 0 aliphatic carbocycles. The lowest BCUT2D eigenvalue weighted by molar-refractivity contribution is 0.256. The first-order valence-electron chi connectivity index (χ1n) is 10.2. The van der Waals surface area contributed by atoms with E-state index in [1.807, 2.05) is 18.3 Å². The SMILES string of the molecule is c1cnc(N2CCN(CCCNc3nccc(N4CCNCC4)n3)CC2)nc1. The van der Waals surface area contributed by atoms with E-state index in [-0.39, 0.29) is 0 Å². The smallest absolute Gasteiger partial charge is 0.225 e. The number of hydrogen-bond acceptors (Lipinski definition) is 9. The highest BCUT2D eigenvalue weighted by molar-refractivity contribution is 5.42. The molecule has 0 unspecified atom stereocenters. The summed E-state index contributed by atoms with van der Waals surface area (Å²) >= 11 is 0. The van der Waals surface area contributed by atoms with Crippen molar-refractivity contribution in [2.45, 2.75) is 6.42 Å². The van der Waals surface area contributed by atoms with E-state index in [1.165, 1.54) is 0 Å². The Labute approximate surface area is 166 Å². The van der Waals surface area contributed by atoms with Crippen molar-refractivity contribution in [1.29, 1.82) is 0 Å².